The van der Waals surface area contributed by atoms with Crippen molar-refractivity contribution >= 4 is 29.3 Å². The van der Waals surface area contributed by atoms with Crippen molar-refractivity contribution in [3.63, 3.8) is 0 Å². The summed E-state index contributed by atoms with van der Waals surface area (Å²) in [5.74, 6) is 0.0435. The van der Waals surface area contributed by atoms with Crippen LogP contribution in [0.2, 0.25) is 0 Å². The zero-order valence-corrected chi connectivity index (χ0v) is 15.3. The maximum Gasteiger partial charge on any atom is 0.240 e. The minimum atomic E-state index is -0.349. The molecule has 2 aromatic rings. The molecule has 7 heteroatoms. The number of amides is 2. The molecule has 1 fully saturated rings. The van der Waals surface area contributed by atoms with Gasteiger partial charge in [0, 0.05) is 5.69 Å². The summed E-state index contributed by atoms with van der Waals surface area (Å²) in [5, 5.41) is 5.72. The fourth-order valence-electron chi connectivity index (χ4n) is 2.58. The van der Waals surface area contributed by atoms with Crippen LogP contribution in [0.3, 0.4) is 0 Å². The van der Waals surface area contributed by atoms with E-state index in [1.165, 1.54) is 11.8 Å². The highest BCUT2D eigenvalue weighted by atomic mass is 32.2. The van der Waals surface area contributed by atoms with Crippen molar-refractivity contribution in [3.05, 3.63) is 65.7 Å². The second-order valence-electron chi connectivity index (χ2n) is 6.14. The molecule has 1 aliphatic heterocycles. The molecule has 1 heterocycles. The van der Waals surface area contributed by atoms with E-state index in [9.17, 15) is 9.59 Å². The van der Waals surface area contributed by atoms with Gasteiger partial charge in [-0.05, 0) is 31.0 Å². The molecule has 4 N–H and O–H groups in total. The van der Waals surface area contributed by atoms with Gasteiger partial charge in [0.25, 0.3) is 0 Å². The maximum atomic E-state index is 12.2. The first kappa shape index (κ1) is 18.4. The third-order valence-electron chi connectivity index (χ3n) is 3.98. The molecule has 2 unspecified atom stereocenters. The smallest absolute Gasteiger partial charge is 0.240 e. The summed E-state index contributed by atoms with van der Waals surface area (Å²) in [6.45, 7) is 2.00. The van der Waals surface area contributed by atoms with Gasteiger partial charge in [-0.15, -0.1) is 11.8 Å². The van der Waals surface area contributed by atoms with Gasteiger partial charge >= 0.3 is 0 Å². The predicted molar refractivity (Wildman–Crippen MR) is 104 cm³/mol. The molecule has 0 radical (unpaired) electrons. The summed E-state index contributed by atoms with van der Waals surface area (Å²) < 4.78 is 0. The van der Waals surface area contributed by atoms with Crippen LogP contribution in [0.25, 0.3) is 0 Å². The van der Waals surface area contributed by atoms with Crippen LogP contribution in [-0.2, 0) is 16.0 Å². The van der Waals surface area contributed by atoms with Gasteiger partial charge in [-0.2, -0.15) is 0 Å². The number of benzene rings is 2. The Kier molecular flexibility index (Phi) is 6.27. The van der Waals surface area contributed by atoms with E-state index in [1.807, 2.05) is 61.5 Å². The Balaban J connectivity index is 1.42. The third-order valence-corrected chi connectivity index (χ3v) is 4.98. The van der Waals surface area contributed by atoms with E-state index in [0.717, 1.165) is 16.8 Å². The molecule has 6 nitrogen and oxygen atoms in total. The summed E-state index contributed by atoms with van der Waals surface area (Å²) in [6, 6.07) is 17.1. The first-order valence-corrected chi connectivity index (χ1v) is 9.48. The van der Waals surface area contributed by atoms with Crippen molar-refractivity contribution in [2.45, 2.75) is 24.9 Å². The van der Waals surface area contributed by atoms with Gasteiger partial charge in [0.1, 0.15) is 11.5 Å². The van der Waals surface area contributed by atoms with Crippen molar-refractivity contribution in [2.75, 3.05) is 11.1 Å². The van der Waals surface area contributed by atoms with Gasteiger partial charge in [-0.3, -0.25) is 9.59 Å². The number of carbonyl (C=O) groups is 2. The van der Waals surface area contributed by atoms with E-state index >= 15 is 0 Å². The maximum absolute atomic E-state index is 12.2. The summed E-state index contributed by atoms with van der Waals surface area (Å²) >= 11 is 1.32. The van der Waals surface area contributed by atoms with Crippen molar-refractivity contribution in [1.82, 2.24) is 16.2 Å². The number of thioether (sulfide) groups is 1. The number of rotatable bonds is 6. The Labute approximate surface area is 157 Å². The second kappa shape index (κ2) is 8.84. The van der Waals surface area contributed by atoms with Crippen LogP contribution in [0.5, 0.6) is 0 Å². The molecular formula is C19H22N4O2S. The van der Waals surface area contributed by atoms with Crippen molar-refractivity contribution in [1.29, 1.82) is 0 Å². The molecule has 0 spiro atoms. The molecule has 2 atom stereocenters. The highest BCUT2D eigenvalue weighted by Crippen LogP contribution is 2.13. The third kappa shape index (κ3) is 5.32. The number of carbonyl (C=O) groups excluding carboxylic acids is 2. The molecule has 136 valence electrons. The first-order chi connectivity index (χ1) is 12.6. The summed E-state index contributed by atoms with van der Waals surface area (Å²) in [4.78, 5) is 24.3. The Bertz CT molecular complexity index is 752. The molecule has 2 aromatic carbocycles. The lowest BCUT2D eigenvalue weighted by Gasteiger charge is -2.31. The average molecular weight is 370 g/mol. The zero-order chi connectivity index (χ0) is 18.4. The van der Waals surface area contributed by atoms with E-state index in [2.05, 4.69) is 21.5 Å². The fourth-order valence-corrected chi connectivity index (χ4v) is 3.32. The van der Waals surface area contributed by atoms with Gasteiger partial charge in [0.15, 0.2) is 0 Å². The van der Waals surface area contributed by atoms with Gasteiger partial charge in [-0.25, -0.2) is 10.9 Å². The quantitative estimate of drug-likeness (QED) is 0.623. The van der Waals surface area contributed by atoms with Crippen LogP contribution >= 0.6 is 11.8 Å². The summed E-state index contributed by atoms with van der Waals surface area (Å²) in [6.07, 6.45) is 0.602. The first-order valence-electron chi connectivity index (χ1n) is 8.43. The molecule has 26 heavy (non-hydrogen) atoms. The number of anilines is 1. The van der Waals surface area contributed by atoms with Crippen LogP contribution < -0.4 is 21.5 Å². The number of hydrazine groups is 1. The van der Waals surface area contributed by atoms with Crippen molar-refractivity contribution < 1.29 is 9.59 Å². The molecule has 1 saturated heterocycles. The SMILES string of the molecule is Cc1ccc(NC(=O)CSC2NNC(Cc3ccccc3)C(=O)N2)cc1. The fraction of sp³-hybridized carbons (Fsp3) is 0.263. The predicted octanol–water partition coefficient (Wildman–Crippen LogP) is 1.79. The van der Waals surface area contributed by atoms with E-state index in [1.54, 1.807) is 0 Å². The van der Waals surface area contributed by atoms with E-state index in [4.69, 9.17) is 0 Å². The Morgan fingerprint density at radius 2 is 1.81 bits per heavy atom. The zero-order valence-electron chi connectivity index (χ0n) is 14.5. The molecule has 0 saturated carbocycles. The lowest BCUT2D eigenvalue weighted by molar-refractivity contribution is -0.125. The van der Waals surface area contributed by atoms with Crippen LogP contribution in [-0.4, -0.2) is 29.1 Å². The number of hydrogen-bond donors (Lipinski definition) is 4. The topological polar surface area (TPSA) is 82.3 Å². The van der Waals surface area contributed by atoms with Crippen molar-refractivity contribution in [2.24, 2.45) is 0 Å². The number of hydrogen-bond acceptors (Lipinski definition) is 5. The van der Waals surface area contributed by atoms with Crippen LogP contribution in [0, 0.1) is 6.92 Å². The standard InChI is InChI=1S/C19H22N4O2S/c1-13-7-9-15(10-8-13)20-17(24)12-26-19-21-18(25)16(22-23-19)11-14-5-3-2-4-6-14/h2-10,16,19,22-23H,11-12H2,1H3,(H,20,24)(H,21,25). The molecule has 1 aliphatic rings. The highest BCUT2D eigenvalue weighted by Gasteiger charge is 2.27. The molecule has 0 aliphatic carbocycles. The van der Waals surface area contributed by atoms with Crippen LogP contribution in [0.15, 0.2) is 54.6 Å². The molecule has 0 bridgehead atoms. The van der Waals surface area contributed by atoms with E-state index < -0.39 is 0 Å². The Hall–Kier alpha value is -2.35. The Morgan fingerprint density at radius 3 is 2.50 bits per heavy atom. The highest BCUT2D eigenvalue weighted by molar-refractivity contribution is 8.00. The van der Waals surface area contributed by atoms with Crippen LogP contribution in [0.1, 0.15) is 11.1 Å². The molecule has 2 amide bonds. The minimum Gasteiger partial charge on any atom is -0.329 e. The average Bonchev–Trinajstić information content (AvgIpc) is 2.65. The van der Waals surface area contributed by atoms with Gasteiger partial charge in [0.2, 0.25) is 11.8 Å². The van der Waals surface area contributed by atoms with Gasteiger partial charge < -0.3 is 10.6 Å². The number of aryl methyl sites for hydroxylation is 1. The lowest BCUT2D eigenvalue weighted by atomic mass is 10.1. The monoisotopic (exact) mass is 370 g/mol. The van der Waals surface area contributed by atoms with Gasteiger partial charge in [0.05, 0.1) is 5.75 Å². The second-order valence-corrected chi connectivity index (χ2v) is 7.24. The number of nitrogens with one attached hydrogen (secondary N) is 4. The van der Waals surface area contributed by atoms with Crippen molar-refractivity contribution in [3.8, 4) is 0 Å². The van der Waals surface area contributed by atoms with E-state index in [0.29, 0.717) is 6.42 Å². The summed E-state index contributed by atoms with van der Waals surface area (Å²) in [5.41, 5.74) is 8.73. The van der Waals surface area contributed by atoms with E-state index in [-0.39, 0.29) is 29.1 Å². The van der Waals surface area contributed by atoms with Gasteiger partial charge in [-0.1, -0.05) is 48.0 Å². The Morgan fingerprint density at radius 1 is 1.08 bits per heavy atom. The summed E-state index contributed by atoms with van der Waals surface area (Å²) in [7, 11) is 0. The van der Waals surface area contributed by atoms with Crippen LogP contribution in [0.4, 0.5) is 5.69 Å². The normalized spacial score (nSPS) is 19.7. The molecule has 3 rings (SSSR count). The molecule has 0 aromatic heterocycles. The largest absolute Gasteiger partial charge is 0.329 e. The lowest BCUT2D eigenvalue weighted by Crippen LogP contribution is -2.64. The molecular weight excluding hydrogens is 348 g/mol. The minimum absolute atomic E-state index is 0.0796.